The van der Waals surface area contributed by atoms with Crippen molar-refractivity contribution in [3.05, 3.63) is 97.2 Å². The van der Waals surface area contributed by atoms with Crippen LogP contribution in [0.1, 0.15) is 399 Å². The number of hydrogen-bond acceptors (Lipinski definition) is 7. The quantitative estimate of drug-likeness (QED) is 0.0211. The number of allylic oxidation sites excluding steroid dienone is 16. The molecule has 0 aliphatic rings. The van der Waals surface area contributed by atoms with Gasteiger partial charge in [-0.2, -0.15) is 0 Å². The monoisotopic (exact) mass is 1390 g/mol. The van der Waals surface area contributed by atoms with Crippen molar-refractivity contribution < 1.29 is 42.1 Å². The third-order valence-corrected chi connectivity index (χ3v) is 19.6. The summed E-state index contributed by atoms with van der Waals surface area (Å²) in [4.78, 5) is 36.0. The van der Waals surface area contributed by atoms with Gasteiger partial charge >= 0.3 is 19.8 Å². The molecule has 1 N–H and O–H groups in total. The van der Waals surface area contributed by atoms with E-state index in [0.717, 1.165) is 83.5 Å². The van der Waals surface area contributed by atoms with Crippen LogP contribution in [0, 0.1) is 0 Å². The van der Waals surface area contributed by atoms with Gasteiger partial charge in [0.05, 0.1) is 27.7 Å². The molecular weight excluding hydrogens is 1230 g/mol. The lowest BCUT2D eigenvalue weighted by atomic mass is 10.0. The second-order valence-corrected chi connectivity index (χ2v) is 30.9. The first-order chi connectivity index (χ1) is 48.0. The highest BCUT2D eigenvalue weighted by Crippen LogP contribution is 2.43. The van der Waals surface area contributed by atoms with Crippen LogP contribution in [0.25, 0.3) is 0 Å². The summed E-state index contributed by atoms with van der Waals surface area (Å²) in [6, 6.07) is 0. The van der Waals surface area contributed by atoms with Crippen LogP contribution in [0.15, 0.2) is 97.2 Å². The lowest BCUT2D eigenvalue weighted by Gasteiger charge is -2.24. The minimum Gasteiger partial charge on any atom is -0.462 e. The van der Waals surface area contributed by atoms with E-state index in [2.05, 4.69) is 111 Å². The fourth-order valence-electron chi connectivity index (χ4n) is 12.3. The molecule has 2 atom stereocenters. The maximum atomic E-state index is 12.9. The predicted octanol–water partition coefficient (Wildman–Crippen LogP) is 28.2. The Kier molecular flexibility index (Phi) is 75.6. The number of rotatable bonds is 78. The largest absolute Gasteiger partial charge is 0.472 e. The third-order valence-electron chi connectivity index (χ3n) is 18.6. The van der Waals surface area contributed by atoms with Crippen molar-refractivity contribution in [1.82, 2.24) is 0 Å². The number of ether oxygens (including phenoxy) is 2. The summed E-state index contributed by atoms with van der Waals surface area (Å²) in [5.41, 5.74) is 0. The van der Waals surface area contributed by atoms with Crippen molar-refractivity contribution in [2.45, 2.75) is 405 Å². The van der Waals surface area contributed by atoms with E-state index in [4.69, 9.17) is 18.5 Å². The minimum absolute atomic E-state index is 0.0329. The zero-order valence-corrected chi connectivity index (χ0v) is 66.2. The zero-order valence-electron chi connectivity index (χ0n) is 65.3. The van der Waals surface area contributed by atoms with Crippen molar-refractivity contribution in [1.29, 1.82) is 0 Å². The topological polar surface area (TPSA) is 108 Å². The summed E-state index contributed by atoms with van der Waals surface area (Å²) >= 11 is 0. The molecule has 2 unspecified atom stereocenters. The average molecular weight is 1390 g/mol. The highest BCUT2D eigenvalue weighted by Gasteiger charge is 2.27. The van der Waals surface area contributed by atoms with E-state index < -0.39 is 26.5 Å². The molecule has 10 heteroatoms. The van der Waals surface area contributed by atoms with Gasteiger partial charge in [-0.1, -0.05) is 394 Å². The minimum atomic E-state index is -4.40. The molecule has 0 amide bonds. The number of esters is 2. The third kappa shape index (κ3) is 81.9. The summed E-state index contributed by atoms with van der Waals surface area (Å²) in [6.07, 6.45) is 110. The Morgan fingerprint density at radius 1 is 0.316 bits per heavy atom. The predicted molar refractivity (Wildman–Crippen MR) is 427 cm³/mol. The molecular formula is C88H161NO8P+. The molecule has 570 valence electrons. The Morgan fingerprint density at radius 2 is 0.551 bits per heavy atom. The molecule has 0 aromatic carbocycles. The van der Waals surface area contributed by atoms with Gasteiger partial charge in [-0.3, -0.25) is 18.6 Å². The smallest absolute Gasteiger partial charge is 0.462 e. The summed E-state index contributed by atoms with van der Waals surface area (Å²) in [7, 11) is 1.50. The molecule has 0 heterocycles. The molecule has 0 saturated heterocycles. The van der Waals surface area contributed by atoms with Crippen LogP contribution in [0.5, 0.6) is 0 Å². The maximum Gasteiger partial charge on any atom is 0.472 e. The van der Waals surface area contributed by atoms with Gasteiger partial charge < -0.3 is 18.9 Å². The van der Waals surface area contributed by atoms with Gasteiger partial charge in [0, 0.05) is 12.8 Å². The molecule has 0 radical (unpaired) electrons. The zero-order chi connectivity index (χ0) is 71.1. The van der Waals surface area contributed by atoms with Crippen molar-refractivity contribution in [3.8, 4) is 0 Å². The number of carbonyl (C=O) groups excluding carboxylic acids is 2. The van der Waals surface area contributed by atoms with Gasteiger partial charge in [0.1, 0.15) is 19.8 Å². The normalized spacial score (nSPS) is 13.5. The SMILES string of the molecule is CC/C=C\C/C=C\C/C=C\C/C=C\CCCCCCCCCCCCCCCCCCCCCCCCCCCCCCC(=O)OC(COC(=O)CCCCCCCCCCCCCCCCCCCCCC/C=C\C/C=C\C/C=C\C/C=C\CC)COP(=O)(O)OCC[N+](C)(C)C. The van der Waals surface area contributed by atoms with Crippen molar-refractivity contribution >= 4 is 19.8 Å². The first kappa shape index (κ1) is 94.9. The molecule has 0 aromatic heterocycles. The summed E-state index contributed by atoms with van der Waals surface area (Å²) in [5, 5.41) is 0. The summed E-state index contributed by atoms with van der Waals surface area (Å²) in [5.74, 6) is -0.776. The lowest BCUT2D eigenvalue weighted by Crippen LogP contribution is -2.37. The molecule has 0 rings (SSSR count). The van der Waals surface area contributed by atoms with E-state index in [1.165, 1.54) is 283 Å². The molecule has 9 nitrogen and oxygen atoms in total. The molecule has 0 fully saturated rings. The van der Waals surface area contributed by atoms with Crippen LogP contribution in [0.4, 0.5) is 0 Å². The number of hydrogen-bond donors (Lipinski definition) is 1. The molecule has 98 heavy (non-hydrogen) atoms. The van der Waals surface area contributed by atoms with Crippen LogP contribution >= 0.6 is 7.82 Å². The number of carbonyl (C=O) groups is 2. The average Bonchev–Trinajstić information content (AvgIpc) is 1.08. The van der Waals surface area contributed by atoms with Crippen LogP contribution in [-0.4, -0.2) is 74.9 Å². The van der Waals surface area contributed by atoms with Crippen LogP contribution in [-0.2, 0) is 32.7 Å². The molecule has 0 spiro atoms. The number of nitrogens with zero attached hydrogens (tertiary/aromatic N) is 1. The Labute approximate surface area is 608 Å². The number of phosphoric acid groups is 1. The number of quaternary nitrogens is 1. The highest BCUT2D eigenvalue weighted by atomic mass is 31.2. The van der Waals surface area contributed by atoms with E-state index in [1.54, 1.807) is 0 Å². The Hall–Kier alpha value is -3.07. The van der Waals surface area contributed by atoms with E-state index in [0.29, 0.717) is 23.9 Å². The van der Waals surface area contributed by atoms with Crippen molar-refractivity contribution in [3.63, 3.8) is 0 Å². The first-order valence-electron chi connectivity index (χ1n) is 42.0. The Bertz CT molecular complexity index is 1980. The second-order valence-electron chi connectivity index (χ2n) is 29.5. The van der Waals surface area contributed by atoms with E-state index in [-0.39, 0.29) is 25.6 Å². The summed E-state index contributed by atoms with van der Waals surface area (Å²) in [6.45, 7) is 4.27. The molecule has 0 aliphatic heterocycles. The number of likely N-dealkylation sites (N-methyl/N-ethyl adjacent to an activating group) is 1. The van der Waals surface area contributed by atoms with Gasteiger partial charge in [-0.05, 0) is 89.9 Å². The molecule has 0 saturated carbocycles. The van der Waals surface area contributed by atoms with Gasteiger partial charge in [-0.15, -0.1) is 0 Å². The van der Waals surface area contributed by atoms with Crippen LogP contribution < -0.4 is 0 Å². The van der Waals surface area contributed by atoms with Gasteiger partial charge in [-0.25, -0.2) is 4.57 Å². The second kappa shape index (κ2) is 78.1. The Balaban J connectivity index is 3.88. The van der Waals surface area contributed by atoms with E-state index in [1.807, 2.05) is 21.1 Å². The standard InChI is InChI=1S/C88H160NO8P/c1-6-8-10-12-14-16-18-20-22-24-26-28-30-32-34-36-38-40-41-42-43-44-45-46-47-49-51-53-55-57-59-61-63-65-67-69-71-73-75-77-79-81-88(91)97-86(85-96-98(92,93)95-83-82-89(3,4)5)84-94-87(90)80-78-76-74-72-70-68-66-64-62-60-58-56-54-52-50-48-39-37-35-33-31-29-27-25-23-21-19-17-15-13-11-9-7-2/h8-11,14-17,20-23,26-29,86H,6-7,12-13,18-19,24-25,30-85H2,1-5H3/p+1/b10-8-,11-9-,16-14-,17-15-,22-20-,23-21-,28-26-,29-27-. The van der Waals surface area contributed by atoms with Gasteiger partial charge in [0.25, 0.3) is 0 Å². The molecule has 0 aliphatic carbocycles. The Morgan fingerprint density at radius 3 is 0.816 bits per heavy atom. The first-order valence-corrected chi connectivity index (χ1v) is 43.5. The van der Waals surface area contributed by atoms with Gasteiger partial charge in [0.15, 0.2) is 6.10 Å². The fourth-order valence-corrected chi connectivity index (χ4v) is 13.0. The van der Waals surface area contributed by atoms with Crippen molar-refractivity contribution in [2.24, 2.45) is 0 Å². The fraction of sp³-hybridized carbons (Fsp3) is 0.795. The van der Waals surface area contributed by atoms with E-state index in [9.17, 15) is 19.0 Å². The highest BCUT2D eigenvalue weighted by molar-refractivity contribution is 7.47. The van der Waals surface area contributed by atoms with Gasteiger partial charge in [0.2, 0.25) is 0 Å². The van der Waals surface area contributed by atoms with Crippen molar-refractivity contribution in [2.75, 3.05) is 47.5 Å². The summed E-state index contributed by atoms with van der Waals surface area (Å²) < 4.78 is 34.9. The molecule has 0 aromatic rings. The van der Waals surface area contributed by atoms with E-state index >= 15 is 0 Å². The number of unbranched alkanes of at least 4 members (excludes halogenated alkanes) is 48. The number of phosphoric ester groups is 1. The lowest BCUT2D eigenvalue weighted by molar-refractivity contribution is -0.870. The van der Waals surface area contributed by atoms with Crippen LogP contribution in [0.3, 0.4) is 0 Å². The van der Waals surface area contributed by atoms with Crippen LogP contribution in [0.2, 0.25) is 0 Å². The maximum absolute atomic E-state index is 12.9. The molecule has 0 bridgehead atoms.